The van der Waals surface area contributed by atoms with Crippen LogP contribution in [0.2, 0.25) is 0 Å². The molecule has 30 heavy (non-hydrogen) atoms. The highest BCUT2D eigenvalue weighted by atomic mass is 127. The predicted octanol–water partition coefficient (Wildman–Crippen LogP) is 3.42. The van der Waals surface area contributed by atoms with E-state index >= 15 is 0 Å². The molecular formula is C21H23BIN3O4. The molecule has 5 rings (SSSR count). The lowest BCUT2D eigenvalue weighted by molar-refractivity contribution is 0.00578. The predicted molar refractivity (Wildman–Crippen MR) is 122 cm³/mol. The second-order valence-corrected chi connectivity index (χ2v) is 10.0. The summed E-state index contributed by atoms with van der Waals surface area (Å²) >= 11 is 2.32. The van der Waals surface area contributed by atoms with Crippen molar-refractivity contribution >= 4 is 46.2 Å². The molecular weight excluding hydrogens is 496 g/mol. The van der Waals surface area contributed by atoms with Gasteiger partial charge in [-0.15, -0.1) is 5.10 Å². The molecule has 3 heterocycles. The zero-order valence-corrected chi connectivity index (χ0v) is 19.8. The number of hydrogen-bond acceptors (Lipinski definition) is 6. The molecule has 0 saturated carbocycles. The monoisotopic (exact) mass is 519 g/mol. The molecule has 0 unspecified atom stereocenters. The van der Waals surface area contributed by atoms with Crippen molar-refractivity contribution in [3.63, 3.8) is 0 Å². The number of ether oxygens (including phenoxy) is 2. The molecule has 156 valence electrons. The van der Waals surface area contributed by atoms with Crippen LogP contribution in [0.3, 0.4) is 0 Å². The number of fused-ring (bicyclic) bond motifs is 2. The summed E-state index contributed by atoms with van der Waals surface area (Å²) in [5.41, 5.74) is 4.05. The van der Waals surface area contributed by atoms with Crippen LogP contribution in [0.5, 0.6) is 11.5 Å². The number of aromatic nitrogens is 3. The van der Waals surface area contributed by atoms with Gasteiger partial charge in [0.1, 0.15) is 5.52 Å². The van der Waals surface area contributed by atoms with E-state index in [-0.39, 0.29) is 6.79 Å². The SMILES string of the molecule is Cc1cc(B2OC(C)(C)C(C)(C)O2)c2c(c1)nnn2Cc1cc2c(cc1I)OCO2. The number of nitrogens with zero attached hydrogens (tertiary/aromatic N) is 3. The summed E-state index contributed by atoms with van der Waals surface area (Å²) in [5, 5.41) is 8.88. The lowest BCUT2D eigenvalue weighted by Crippen LogP contribution is -2.41. The molecule has 1 fully saturated rings. The van der Waals surface area contributed by atoms with Crippen molar-refractivity contribution in [2.75, 3.05) is 6.79 Å². The zero-order chi connectivity index (χ0) is 21.3. The highest BCUT2D eigenvalue weighted by Crippen LogP contribution is 2.38. The van der Waals surface area contributed by atoms with E-state index in [1.807, 2.05) is 29.8 Å². The average Bonchev–Trinajstić information content (AvgIpc) is 3.31. The fraction of sp³-hybridized carbons (Fsp3) is 0.429. The first kappa shape index (κ1) is 20.1. The van der Waals surface area contributed by atoms with Crippen molar-refractivity contribution in [3.8, 4) is 11.5 Å². The van der Waals surface area contributed by atoms with Gasteiger partial charge in [0.25, 0.3) is 0 Å². The van der Waals surface area contributed by atoms with Gasteiger partial charge in [0.05, 0.1) is 23.3 Å². The topological polar surface area (TPSA) is 67.6 Å². The Labute approximate surface area is 189 Å². The molecule has 2 aromatic carbocycles. The van der Waals surface area contributed by atoms with Crippen LogP contribution >= 0.6 is 22.6 Å². The normalized spacial score (nSPS) is 19.1. The van der Waals surface area contributed by atoms with Crippen LogP contribution in [0.25, 0.3) is 11.0 Å². The summed E-state index contributed by atoms with van der Waals surface area (Å²) in [5.74, 6) is 1.54. The first-order valence-electron chi connectivity index (χ1n) is 9.92. The molecule has 0 N–H and O–H groups in total. The molecule has 0 spiro atoms. The molecule has 0 amide bonds. The maximum atomic E-state index is 6.34. The van der Waals surface area contributed by atoms with Crippen molar-refractivity contribution in [2.24, 2.45) is 0 Å². The van der Waals surface area contributed by atoms with Gasteiger partial charge in [0.2, 0.25) is 6.79 Å². The van der Waals surface area contributed by atoms with E-state index in [9.17, 15) is 0 Å². The Kier molecular flexibility index (Phi) is 4.57. The van der Waals surface area contributed by atoms with Crippen LogP contribution in [-0.2, 0) is 15.9 Å². The van der Waals surface area contributed by atoms with Crippen LogP contribution in [0.4, 0.5) is 0 Å². The second-order valence-electron chi connectivity index (χ2n) is 8.85. The molecule has 0 radical (unpaired) electrons. The Morgan fingerprint density at radius 2 is 1.70 bits per heavy atom. The van der Waals surface area contributed by atoms with Crippen molar-refractivity contribution < 1.29 is 18.8 Å². The Morgan fingerprint density at radius 3 is 2.40 bits per heavy atom. The van der Waals surface area contributed by atoms with Crippen LogP contribution in [0.1, 0.15) is 38.8 Å². The smallest absolute Gasteiger partial charge is 0.454 e. The minimum absolute atomic E-state index is 0.256. The summed E-state index contributed by atoms with van der Waals surface area (Å²) in [7, 11) is -0.481. The Balaban J connectivity index is 1.59. The molecule has 3 aromatic rings. The average molecular weight is 519 g/mol. The number of rotatable bonds is 3. The molecule has 0 aliphatic carbocycles. The summed E-state index contributed by atoms with van der Waals surface area (Å²) in [6.07, 6.45) is 0. The first-order chi connectivity index (χ1) is 14.1. The van der Waals surface area contributed by atoms with Crippen molar-refractivity contribution in [3.05, 3.63) is 39.0 Å². The van der Waals surface area contributed by atoms with Gasteiger partial charge < -0.3 is 18.8 Å². The van der Waals surface area contributed by atoms with Crippen LogP contribution in [0.15, 0.2) is 24.3 Å². The molecule has 0 atom stereocenters. The third kappa shape index (κ3) is 3.18. The molecule has 0 bridgehead atoms. The molecule has 7 nitrogen and oxygen atoms in total. The lowest BCUT2D eigenvalue weighted by Gasteiger charge is -2.32. The minimum atomic E-state index is -0.481. The van der Waals surface area contributed by atoms with E-state index in [4.69, 9.17) is 18.8 Å². The maximum Gasteiger partial charge on any atom is 0.497 e. The summed E-state index contributed by atoms with van der Waals surface area (Å²) in [4.78, 5) is 0. The van der Waals surface area contributed by atoms with E-state index in [1.54, 1.807) is 0 Å². The highest BCUT2D eigenvalue weighted by Gasteiger charge is 2.52. The van der Waals surface area contributed by atoms with Gasteiger partial charge >= 0.3 is 7.12 Å². The summed E-state index contributed by atoms with van der Waals surface area (Å²) in [6, 6.07) is 8.16. The van der Waals surface area contributed by atoms with E-state index in [0.29, 0.717) is 6.54 Å². The van der Waals surface area contributed by atoms with Gasteiger partial charge in [0, 0.05) is 9.03 Å². The fourth-order valence-electron chi connectivity index (χ4n) is 3.79. The van der Waals surface area contributed by atoms with Crippen LogP contribution < -0.4 is 14.9 Å². The van der Waals surface area contributed by atoms with E-state index in [2.05, 4.69) is 66.7 Å². The quantitative estimate of drug-likeness (QED) is 0.391. The molecule has 9 heteroatoms. The third-order valence-corrected chi connectivity index (χ3v) is 7.16. The molecule has 2 aliphatic heterocycles. The molecule has 2 aliphatic rings. The number of halogens is 1. The number of aryl methyl sites for hydroxylation is 1. The highest BCUT2D eigenvalue weighted by molar-refractivity contribution is 14.1. The van der Waals surface area contributed by atoms with Gasteiger partial charge in [-0.05, 0) is 86.5 Å². The lowest BCUT2D eigenvalue weighted by atomic mass is 9.77. The third-order valence-electron chi connectivity index (χ3n) is 6.15. The second kappa shape index (κ2) is 6.83. The summed E-state index contributed by atoms with van der Waals surface area (Å²) in [6.45, 7) is 11.1. The van der Waals surface area contributed by atoms with Gasteiger partial charge in [-0.3, -0.25) is 0 Å². The summed E-state index contributed by atoms with van der Waals surface area (Å²) < 4.78 is 26.7. The van der Waals surface area contributed by atoms with Crippen LogP contribution in [-0.4, -0.2) is 40.1 Å². The van der Waals surface area contributed by atoms with Gasteiger partial charge in [0.15, 0.2) is 11.5 Å². The fourth-order valence-corrected chi connectivity index (χ4v) is 4.40. The maximum absolute atomic E-state index is 6.34. The number of hydrogen-bond donors (Lipinski definition) is 0. The zero-order valence-electron chi connectivity index (χ0n) is 17.7. The number of benzene rings is 2. The van der Waals surface area contributed by atoms with E-state index < -0.39 is 18.3 Å². The largest absolute Gasteiger partial charge is 0.497 e. The van der Waals surface area contributed by atoms with Crippen molar-refractivity contribution in [1.29, 1.82) is 0 Å². The van der Waals surface area contributed by atoms with Crippen molar-refractivity contribution in [2.45, 2.75) is 52.4 Å². The standard InChI is InChI=1S/C21H23BIN3O4/c1-12-6-14(22-29-20(2,3)21(4,5)30-22)19-16(7-12)24-25-26(19)10-13-8-17-18(9-15(13)23)28-11-27-17/h6-9H,10-11H2,1-5H3. The van der Waals surface area contributed by atoms with E-state index in [0.717, 1.165) is 42.7 Å². The Hall–Kier alpha value is -1.85. The minimum Gasteiger partial charge on any atom is -0.454 e. The van der Waals surface area contributed by atoms with Crippen molar-refractivity contribution in [1.82, 2.24) is 15.0 Å². The van der Waals surface area contributed by atoms with Gasteiger partial charge in [-0.1, -0.05) is 11.3 Å². The van der Waals surface area contributed by atoms with Crippen LogP contribution in [0, 0.1) is 10.5 Å². The van der Waals surface area contributed by atoms with Gasteiger partial charge in [-0.25, -0.2) is 4.68 Å². The molecule has 1 saturated heterocycles. The first-order valence-corrected chi connectivity index (χ1v) is 11.0. The molecule has 1 aromatic heterocycles. The Morgan fingerprint density at radius 1 is 1.03 bits per heavy atom. The van der Waals surface area contributed by atoms with Gasteiger partial charge in [-0.2, -0.15) is 0 Å². The van der Waals surface area contributed by atoms with E-state index in [1.165, 1.54) is 0 Å². The Bertz CT molecular complexity index is 1140.